The van der Waals surface area contributed by atoms with Crippen molar-refractivity contribution in [2.45, 2.75) is 20.1 Å². The molecule has 1 saturated heterocycles. The van der Waals surface area contributed by atoms with E-state index in [0.717, 1.165) is 13.2 Å². The fourth-order valence-electron chi connectivity index (χ4n) is 0.696. The summed E-state index contributed by atoms with van der Waals surface area (Å²) in [6.45, 7) is 5.74. The predicted octanol–water partition coefficient (Wildman–Crippen LogP) is 1.02. The first-order valence-corrected chi connectivity index (χ1v) is 3.02. The molecule has 2 nitrogen and oxygen atoms in total. The highest BCUT2D eigenvalue weighted by Crippen LogP contribution is 2.08. The average Bonchev–Trinajstić information content (AvgIpc) is 1.77. The minimum Gasteiger partial charge on any atom is -0.353 e. The lowest BCUT2D eigenvalue weighted by molar-refractivity contribution is -0.187. The van der Waals surface area contributed by atoms with E-state index in [0.29, 0.717) is 5.92 Å². The molecule has 1 rings (SSSR count). The number of ether oxygens (including phenoxy) is 2. The summed E-state index contributed by atoms with van der Waals surface area (Å²) in [5.74, 6) is 0.575. The van der Waals surface area contributed by atoms with E-state index in [4.69, 9.17) is 9.47 Å². The highest BCUT2D eigenvalue weighted by Gasteiger charge is 2.13. The molecule has 0 aromatic carbocycles. The fraction of sp³-hybridized carbons (Fsp3) is 1.00. The normalized spacial score (nSPS) is 39.8. The molecule has 0 unspecified atom stereocenters. The third-order valence-corrected chi connectivity index (χ3v) is 1.23. The van der Waals surface area contributed by atoms with Gasteiger partial charge in [-0.15, -0.1) is 0 Å². The van der Waals surface area contributed by atoms with Crippen LogP contribution in [0.2, 0.25) is 0 Å². The molecule has 8 heavy (non-hydrogen) atoms. The van der Waals surface area contributed by atoms with Gasteiger partial charge in [-0.05, 0) is 6.92 Å². The Balaban J connectivity index is 2.19. The smallest absolute Gasteiger partial charge is 0.154 e. The lowest BCUT2D eigenvalue weighted by Crippen LogP contribution is -2.27. The Morgan fingerprint density at radius 2 is 1.62 bits per heavy atom. The maximum Gasteiger partial charge on any atom is 0.154 e. The van der Waals surface area contributed by atoms with Gasteiger partial charge in [-0.25, -0.2) is 0 Å². The molecule has 48 valence electrons. The van der Waals surface area contributed by atoms with Gasteiger partial charge in [0.2, 0.25) is 0 Å². The molecule has 0 bridgehead atoms. The minimum absolute atomic E-state index is 0.0196. The third kappa shape index (κ3) is 1.46. The van der Waals surface area contributed by atoms with Crippen molar-refractivity contribution in [2.24, 2.45) is 5.92 Å². The number of hydrogen-bond acceptors (Lipinski definition) is 2. The van der Waals surface area contributed by atoms with Gasteiger partial charge in [0.15, 0.2) is 6.29 Å². The van der Waals surface area contributed by atoms with Crippen LogP contribution in [0.5, 0.6) is 0 Å². The van der Waals surface area contributed by atoms with Crippen molar-refractivity contribution in [1.82, 2.24) is 0 Å². The van der Waals surface area contributed by atoms with E-state index in [2.05, 4.69) is 6.92 Å². The molecular weight excluding hydrogens is 104 g/mol. The van der Waals surface area contributed by atoms with Crippen LogP contribution in [0.25, 0.3) is 0 Å². The molecule has 0 amide bonds. The first-order valence-electron chi connectivity index (χ1n) is 3.02. The third-order valence-electron chi connectivity index (χ3n) is 1.23. The van der Waals surface area contributed by atoms with Crippen LogP contribution >= 0.6 is 0 Å². The summed E-state index contributed by atoms with van der Waals surface area (Å²) in [5, 5.41) is 0. The van der Waals surface area contributed by atoms with Crippen molar-refractivity contribution >= 4 is 0 Å². The van der Waals surface area contributed by atoms with E-state index in [1.807, 2.05) is 6.92 Å². The summed E-state index contributed by atoms with van der Waals surface area (Å²) in [7, 11) is 0. The monoisotopic (exact) mass is 116 g/mol. The lowest BCUT2D eigenvalue weighted by atomic mass is 10.2. The van der Waals surface area contributed by atoms with E-state index >= 15 is 0 Å². The molecule has 1 aliphatic rings. The largest absolute Gasteiger partial charge is 0.353 e. The highest BCUT2D eigenvalue weighted by atomic mass is 16.7. The first-order chi connectivity index (χ1) is 3.79. The van der Waals surface area contributed by atoms with Gasteiger partial charge in [0.1, 0.15) is 0 Å². The van der Waals surface area contributed by atoms with Crippen LogP contribution in [0.4, 0.5) is 0 Å². The van der Waals surface area contributed by atoms with Crippen LogP contribution in [-0.4, -0.2) is 19.5 Å². The van der Waals surface area contributed by atoms with E-state index in [9.17, 15) is 0 Å². The Morgan fingerprint density at radius 1 is 1.12 bits per heavy atom. The van der Waals surface area contributed by atoms with Gasteiger partial charge in [0.05, 0.1) is 13.2 Å². The molecule has 0 radical (unpaired) electrons. The van der Waals surface area contributed by atoms with Gasteiger partial charge >= 0.3 is 0 Å². The van der Waals surface area contributed by atoms with Gasteiger partial charge in [-0.3, -0.25) is 0 Å². The molecule has 0 spiro atoms. The van der Waals surface area contributed by atoms with Gasteiger partial charge in [0, 0.05) is 5.92 Å². The zero-order chi connectivity index (χ0) is 5.98. The van der Waals surface area contributed by atoms with E-state index in [-0.39, 0.29) is 6.29 Å². The van der Waals surface area contributed by atoms with Crippen LogP contribution in [0, 0.1) is 5.92 Å². The molecule has 1 heterocycles. The maximum absolute atomic E-state index is 5.17. The highest BCUT2D eigenvalue weighted by molar-refractivity contribution is 4.53. The van der Waals surface area contributed by atoms with Crippen LogP contribution in [0.15, 0.2) is 0 Å². The molecule has 1 fully saturated rings. The topological polar surface area (TPSA) is 18.5 Å². The van der Waals surface area contributed by atoms with Crippen molar-refractivity contribution in [2.75, 3.05) is 13.2 Å². The maximum atomic E-state index is 5.17. The summed E-state index contributed by atoms with van der Waals surface area (Å²) in [4.78, 5) is 0. The number of hydrogen-bond donors (Lipinski definition) is 0. The molecule has 0 saturated carbocycles. The van der Waals surface area contributed by atoms with Gasteiger partial charge < -0.3 is 9.47 Å². The Bertz CT molecular complexity index is 54.9. The van der Waals surface area contributed by atoms with Gasteiger partial charge in [-0.2, -0.15) is 0 Å². The molecule has 0 aromatic rings. The van der Waals surface area contributed by atoms with Crippen molar-refractivity contribution < 1.29 is 9.47 Å². The van der Waals surface area contributed by atoms with Crippen molar-refractivity contribution in [3.05, 3.63) is 0 Å². The van der Waals surface area contributed by atoms with Gasteiger partial charge in [0.25, 0.3) is 0 Å². The molecule has 1 aliphatic heterocycles. The Kier molecular flexibility index (Phi) is 1.86. The molecule has 0 aliphatic carbocycles. The fourth-order valence-corrected chi connectivity index (χ4v) is 0.696. The van der Waals surface area contributed by atoms with Crippen molar-refractivity contribution in [1.29, 1.82) is 0 Å². The first kappa shape index (κ1) is 6.05. The standard InChI is InChI=1S/C6H12O2/c1-5-3-7-6(2)8-4-5/h5-6H,3-4H2,1-2H3/t5-,6+. The molecule has 0 aromatic heterocycles. The summed E-state index contributed by atoms with van der Waals surface area (Å²) in [5.41, 5.74) is 0. The van der Waals surface area contributed by atoms with Crippen molar-refractivity contribution in [3.63, 3.8) is 0 Å². The van der Waals surface area contributed by atoms with E-state index < -0.39 is 0 Å². The van der Waals surface area contributed by atoms with Crippen LogP contribution in [0.3, 0.4) is 0 Å². The molecular formula is C6H12O2. The Labute approximate surface area is 49.8 Å². The lowest BCUT2D eigenvalue weighted by Gasteiger charge is -2.24. The minimum atomic E-state index is 0.0196. The second-order valence-corrected chi connectivity index (χ2v) is 2.34. The second kappa shape index (κ2) is 2.46. The average molecular weight is 116 g/mol. The Morgan fingerprint density at radius 3 is 2.00 bits per heavy atom. The second-order valence-electron chi connectivity index (χ2n) is 2.34. The van der Waals surface area contributed by atoms with Crippen LogP contribution in [0.1, 0.15) is 13.8 Å². The summed E-state index contributed by atoms with van der Waals surface area (Å²) >= 11 is 0. The van der Waals surface area contributed by atoms with Crippen molar-refractivity contribution in [3.8, 4) is 0 Å². The Hall–Kier alpha value is -0.0800. The molecule has 0 atom stereocenters. The SMILES string of the molecule is C[C@H]1CO[C@@H](C)OC1. The van der Waals surface area contributed by atoms with Crippen LogP contribution in [-0.2, 0) is 9.47 Å². The summed E-state index contributed by atoms with van der Waals surface area (Å²) in [6, 6.07) is 0. The molecule has 0 N–H and O–H groups in total. The van der Waals surface area contributed by atoms with E-state index in [1.54, 1.807) is 0 Å². The van der Waals surface area contributed by atoms with Gasteiger partial charge in [-0.1, -0.05) is 6.92 Å². The predicted molar refractivity (Wildman–Crippen MR) is 30.5 cm³/mol. The quantitative estimate of drug-likeness (QED) is 0.470. The van der Waals surface area contributed by atoms with Crippen LogP contribution < -0.4 is 0 Å². The van der Waals surface area contributed by atoms with E-state index in [1.165, 1.54) is 0 Å². The zero-order valence-corrected chi connectivity index (χ0v) is 5.39. The summed E-state index contributed by atoms with van der Waals surface area (Å²) in [6.07, 6.45) is 0.0196. The zero-order valence-electron chi connectivity index (χ0n) is 5.39. The number of rotatable bonds is 0. The summed E-state index contributed by atoms with van der Waals surface area (Å²) < 4.78 is 10.3. The molecule has 2 heteroatoms.